The molecule has 0 fully saturated rings. The third-order valence-electron chi connectivity index (χ3n) is 3.58. The van der Waals surface area contributed by atoms with Crippen molar-refractivity contribution in [3.8, 4) is 5.75 Å². The summed E-state index contributed by atoms with van der Waals surface area (Å²) in [6.45, 7) is 2.00. The molecule has 0 atom stereocenters. The average Bonchev–Trinajstić information content (AvgIpc) is 3.02. The highest BCUT2D eigenvalue weighted by Crippen LogP contribution is 2.29. The molecule has 0 aliphatic carbocycles. The van der Waals surface area contributed by atoms with Gasteiger partial charge < -0.3 is 9.15 Å². The lowest BCUT2D eigenvalue weighted by Crippen LogP contribution is -2.01. The van der Waals surface area contributed by atoms with E-state index in [1.165, 1.54) is 0 Å². The Kier molecular flexibility index (Phi) is 3.48. The number of carbonyl (C=O) groups is 1. The highest BCUT2D eigenvalue weighted by atomic mass is 16.5. The first kappa shape index (κ1) is 13.4. The molecule has 106 valence electrons. The van der Waals surface area contributed by atoms with Gasteiger partial charge in [0.2, 0.25) is 5.78 Å². The zero-order chi connectivity index (χ0) is 14.8. The first-order chi connectivity index (χ1) is 10.2. The number of ether oxygens (including phenoxy) is 1. The Morgan fingerprint density at radius 2 is 1.81 bits per heavy atom. The summed E-state index contributed by atoms with van der Waals surface area (Å²) >= 11 is 0. The lowest BCUT2D eigenvalue weighted by molar-refractivity contribution is 0.101. The van der Waals surface area contributed by atoms with Crippen LogP contribution in [0.15, 0.2) is 52.9 Å². The Labute approximate surface area is 123 Å². The Morgan fingerprint density at radius 3 is 2.48 bits per heavy atom. The summed E-state index contributed by atoms with van der Waals surface area (Å²) in [6, 6.07) is 14.9. The number of ketones is 1. The molecule has 0 saturated heterocycles. The van der Waals surface area contributed by atoms with Crippen LogP contribution in [-0.2, 0) is 6.42 Å². The van der Waals surface area contributed by atoms with Gasteiger partial charge in [0, 0.05) is 17.4 Å². The number of fused-ring (bicyclic) bond motifs is 1. The van der Waals surface area contributed by atoms with Crippen molar-refractivity contribution in [3.05, 3.63) is 65.6 Å². The van der Waals surface area contributed by atoms with Gasteiger partial charge in [-0.1, -0.05) is 31.2 Å². The minimum absolute atomic E-state index is 0.103. The van der Waals surface area contributed by atoms with Crippen LogP contribution in [0.2, 0.25) is 0 Å². The van der Waals surface area contributed by atoms with Gasteiger partial charge in [0.15, 0.2) is 5.76 Å². The maximum absolute atomic E-state index is 12.7. The summed E-state index contributed by atoms with van der Waals surface area (Å²) in [4.78, 5) is 12.7. The molecule has 2 aromatic carbocycles. The zero-order valence-electron chi connectivity index (χ0n) is 12.1. The third kappa shape index (κ3) is 2.31. The number of benzene rings is 2. The van der Waals surface area contributed by atoms with Crippen LogP contribution in [0.4, 0.5) is 0 Å². The minimum Gasteiger partial charge on any atom is -0.496 e. The van der Waals surface area contributed by atoms with E-state index in [1.54, 1.807) is 19.2 Å². The van der Waals surface area contributed by atoms with Gasteiger partial charge in [-0.3, -0.25) is 4.79 Å². The number of rotatable bonds is 4. The molecule has 0 amide bonds. The molecule has 0 radical (unpaired) electrons. The Balaban J connectivity index is 2.14. The molecular weight excluding hydrogens is 264 g/mol. The summed E-state index contributed by atoms with van der Waals surface area (Å²) in [5, 5.41) is 1.80. The number of hydrogen-bond donors (Lipinski definition) is 0. The number of carbonyl (C=O) groups excluding carboxylic acids is 1. The van der Waals surface area contributed by atoms with E-state index >= 15 is 0 Å². The summed E-state index contributed by atoms with van der Waals surface area (Å²) in [5.74, 6) is 1.85. The van der Waals surface area contributed by atoms with E-state index in [0.717, 1.165) is 28.7 Å². The molecule has 3 rings (SSSR count). The van der Waals surface area contributed by atoms with Crippen molar-refractivity contribution in [3.63, 3.8) is 0 Å². The SMILES string of the molecule is CCc1ccc(C(=O)c2ccc(OC)c3ccccc23)o1. The fourth-order valence-corrected chi connectivity index (χ4v) is 2.47. The minimum atomic E-state index is -0.103. The monoisotopic (exact) mass is 280 g/mol. The molecule has 0 aliphatic heterocycles. The lowest BCUT2D eigenvalue weighted by Gasteiger charge is -2.08. The Bertz CT molecular complexity index is 799. The number of hydrogen-bond acceptors (Lipinski definition) is 3. The molecular formula is C18H16O3. The van der Waals surface area contributed by atoms with E-state index in [2.05, 4.69) is 0 Å². The van der Waals surface area contributed by atoms with Gasteiger partial charge in [-0.2, -0.15) is 0 Å². The predicted octanol–water partition coefficient (Wildman–Crippen LogP) is 4.23. The third-order valence-corrected chi connectivity index (χ3v) is 3.58. The van der Waals surface area contributed by atoms with Crippen LogP contribution < -0.4 is 4.74 Å². The summed E-state index contributed by atoms with van der Waals surface area (Å²) in [7, 11) is 1.63. The van der Waals surface area contributed by atoms with Crippen molar-refractivity contribution in [1.82, 2.24) is 0 Å². The molecule has 1 aromatic heterocycles. The van der Waals surface area contributed by atoms with Crippen molar-refractivity contribution in [2.24, 2.45) is 0 Å². The Hall–Kier alpha value is -2.55. The van der Waals surface area contributed by atoms with E-state index in [9.17, 15) is 4.79 Å². The fourth-order valence-electron chi connectivity index (χ4n) is 2.47. The summed E-state index contributed by atoms with van der Waals surface area (Å²) in [6.07, 6.45) is 0.774. The smallest absolute Gasteiger partial charge is 0.228 e. The second kappa shape index (κ2) is 5.44. The standard InChI is InChI=1S/C18H16O3/c1-3-12-8-10-17(21-12)18(19)15-9-11-16(20-2)14-7-5-4-6-13(14)15/h4-11H,3H2,1-2H3. The van der Waals surface area contributed by atoms with Gasteiger partial charge in [0.1, 0.15) is 11.5 Å². The van der Waals surface area contributed by atoms with Crippen molar-refractivity contribution in [2.75, 3.05) is 7.11 Å². The molecule has 0 N–H and O–H groups in total. The van der Waals surface area contributed by atoms with Crippen molar-refractivity contribution >= 4 is 16.6 Å². The van der Waals surface area contributed by atoms with Crippen molar-refractivity contribution in [2.45, 2.75) is 13.3 Å². The second-order valence-electron chi connectivity index (χ2n) is 4.81. The first-order valence-electron chi connectivity index (χ1n) is 6.93. The van der Waals surface area contributed by atoms with Crippen LogP contribution in [0.3, 0.4) is 0 Å². The van der Waals surface area contributed by atoms with E-state index < -0.39 is 0 Å². The molecule has 3 heteroatoms. The quantitative estimate of drug-likeness (QED) is 0.671. The van der Waals surface area contributed by atoms with Crippen LogP contribution in [0.5, 0.6) is 5.75 Å². The summed E-state index contributed by atoms with van der Waals surface area (Å²) in [5.41, 5.74) is 0.628. The normalized spacial score (nSPS) is 10.8. The molecule has 0 bridgehead atoms. The van der Waals surface area contributed by atoms with Gasteiger partial charge in [-0.25, -0.2) is 0 Å². The highest BCUT2D eigenvalue weighted by Gasteiger charge is 2.17. The zero-order valence-corrected chi connectivity index (χ0v) is 12.1. The topological polar surface area (TPSA) is 39.4 Å². The van der Waals surface area contributed by atoms with Gasteiger partial charge >= 0.3 is 0 Å². The van der Waals surface area contributed by atoms with Crippen molar-refractivity contribution in [1.29, 1.82) is 0 Å². The average molecular weight is 280 g/mol. The molecule has 0 aliphatic rings. The van der Waals surface area contributed by atoms with E-state index in [1.807, 2.05) is 43.3 Å². The highest BCUT2D eigenvalue weighted by molar-refractivity contribution is 6.16. The van der Waals surface area contributed by atoms with Crippen molar-refractivity contribution < 1.29 is 13.9 Å². The number of aryl methyl sites for hydroxylation is 1. The van der Waals surface area contributed by atoms with Gasteiger partial charge in [0.05, 0.1) is 7.11 Å². The van der Waals surface area contributed by atoms with Gasteiger partial charge in [-0.15, -0.1) is 0 Å². The molecule has 0 unspecified atom stereocenters. The van der Waals surface area contributed by atoms with Gasteiger partial charge in [-0.05, 0) is 29.7 Å². The Morgan fingerprint density at radius 1 is 1.05 bits per heavy atom. The van der Waals surface area contributed by atoms with Crippen LogP contribution in [-0.4, -0.2) is 12.9 Å². The molecule has 0 spiro atoms. The summed E-state index contributed by atoms with van der Waals surface area (Å²) < 4.78 is 10.9. The lowest BCUT2D eigenvalue weighted by atomic mass is 9.99. The maximum Gasteiger partial charge on any atom is 0.228 e. The molecule has 21 heavy (non-hydrogen) atoms. The number of furan rings is 1. The molecule has 3 nitrogen and oxygen atoms in total. The molecule has 3 aromatic rings. The van der Waals surface area contributed by atoms with E-state index in [4.69, 9.17) is 9.15 Å². The fraction of sp³-hybridized carbons (Fsp3) is 0.167. The largest absolute Gasteiger partial charge is 0.496 e. The first-order valence-corrected chi connectivity index (χ1v) is 6.93. The van der Waals surface area contributed by atoms with Crippen LogP contribution in [0.1, 0.15) is 28.8 Å². The predicted molar refractivity (Wildman–Crippen MR) is 82.0 cm³/mol. The molecule has 1 heterocycles. The van der Waals surface area contributed by atoms with Crippen LogP contribution >= 0.6 is 0 Å². The van der Waals surface area contributed by atoms with Crippen LogP contribution in [0.25, 0.3) is 10.8 Å². The van der Waals surface area contributed by atoms with E-state index in [0.29, 0.717) is 11.3 Å². The van der Waals surface area contributed by atoms with Gasteiger partial charge in [0.25, 0.3) is 0 Å². The maximum atomic E-state index is 12.7. The van der Waals surface area contributed by atoms with E-state index in [-0.39, 0.29) is 5.78 Å². The second-order valence-corrected chi connectivity index (χ2v) is 4.81. The van der Waals surface area contributed by atoms with Crippen LogP contribution in [0, 0.1) is 0 Å². The molecule has 0 saturated carbocycles. The number of methoxy groups -OCH3 is 1.